The second kappa shape index (κ2) is 6.97. The van der Waals surface area contributed by atoms with Crippen LogP contribution in [0.5, 0.6) is 0 Å². The van der Waals surface area contributed by atoms with Gasteiger partial charge < -0.3 is 15.2 Å². The number of rotatable bonds is 5. The van der Waals surface area contributed by atoms with E-state index in [1.54, 1.807) is 26.8 Å². The Morgan fingerprint density at radius 1 is 1.65 bits per heavy atom. The smallest absolute Gasteiger partial charge is 0.408 e. The van der Waals surface area contributed by atoms with E-state index >= 15 is 0 Å². The van der Waals surface area contributed by atoms with Gasteiger partial charge in [-0.3, -0.25) is 0 Å². The van der Waals surface area contributed by atoms with Crippen LogP contribution in [0.3, 0.4) is 0 Å². The molecular formula is C13H21NO3. The van der Waals surface area contributed by atoms with Crippen molar-refractivity contribution >= 4 is 6.09 Å². The van der Waals surface area contributed by atoms with Crippen molar-refractivity contribution in [1.82, 2.24) is 5.32 Å². The molecule has 0 saturated heterocycles. The number of nitrogens with one attached hydrogen (secondary N) is 1. The molecule has 0 aromatic carbocycles. The van der Waals surface area contributed by atoms with Gasteiger partial charge >= 0.3 is 6.09 Å². The molecule has 0 fully saturated rings. The van der Waals surface area contributed by atoms with Gasteiger partial charge in [-0.2, -0.15) is 0 Å². The summed E-state index contributed by atoms with van der Waals surface area (Å²) in [5.41, 5.74) is -0.548. The Labute approximate surface area is 103 Å². The summed E-state index contributed by atoms with van der Waals surface area (Å²) < 4.78 is 5.09. The van der Waals surface area contributed by atoms with Crippen molar-refractivity contribution in [3.05, 3.63) is 12.7 Å². The van der Waals surface area contributed by atoms with Crippen molar-refractivity contribution in [2.24, 2.45) is 0 Å². The molecule has 96 valence electrons. The normalized spacial score (nSPS) is 14.3. The second-order valence-corrected chi connectivity index (χ2v) is 4.79. The molecule has 17 heavy (non-hydrogen) atoms. The van der Waals surface area contributed by atoms with E-state index in [4.69, 9.17) is 11.2 Å². The Morgan fingerprint density at radius 3 is 2.65 bits per heavy atom. The van der Waals surface area contributed by atoms with Crippen LogP contribution >= 0.6 is 0 Å². The molecule has 4 nitrogen and oxygen atoms in total. The monoisotopic (exact) mass is 239 g/mol. The summed E-state index contributed by atoms with van der Waals surface area (Å²) in [7, 11) is 0. The number of terminal acetylenes is 1. The number of carbonyl (C=O) groups excluding carboxylic acids is 1. The van der Waals surface area contributed by atoms with Gasteiger partial charge in [-0.1, -0.05) is 6.08 Å². The topological polar surface area (TPSA) is 58.6 Å². The fourth-order valence-electron chi connectivity index (χ4n) is 1.19. The zero-order valence-electron chi connectivity index (χ0n) is 10.7. The SMILES string of the molecule is C#CC[C@@H](O)C[C@@H](C=C)NC(=O)OC(C)(C)C. The number of amides is 1. The molecule has 2 atom stereocenters. The van der Waals surface area contributed by atoms with E-state index in [1.165, 1.54) is 0 Å². The summed E-state index contributed by atoms with van der Waals surface area (Å²) in [6.45, 7) is 8.93. The third-order valence-corrected chi connectivity index (χ3v) is 1.87. The molecule has 0 unspecified atom stereocenters. The predicted molar refractivity (Wildman–Crippen MR) is 67.4 cm³/mol. The summed E-state index contributed by atoms with van der Waals surface area (Å²) in [5.74, 6) is 2.36. The van der Waals surface area contributed by atoms with Crippen LogP contribution in [-0.2, 0) is 4.74 Å². The summed E-state index contributed by atoms with van der Waals surface area (Å²) >= 11 is 0. The molecule has 0 bridgehead atoms. The molecule has 0 saturated carbocycles. The van der Waals surface area contributed by atoms with Crippen molar-refractivity contribution in [1.29, 1.82) is 0 Å². The Kier molecular flexibility index (Phi) is 6.37. The molecule has 0 spiro atoms. The van der Waals surface area contributed by atoms with Gasteiger partial charge in [0.25, 0.3) is 0 Å². The summed E-state index contributed by atoms with van der Waals surface area (Å²) in [6, 6.07) is -0.354. The summed E-state index contributed by atoms with van der Waals surface area (Å²) in [6.07, 6.45) is 6.02. The second-order valence-electron chi connectivity index (χ2n) is 4.79. The average molecular weight is 239 g/mol. The van der Waals surface area contributed by atoms with Crippen LogP contribution in [0.1, 0.15) is 33.6 Å². The maximum absolute atomic E-state index is 11.5. The maximum atomic E-state index is 11.5. The number of hydrogen-bond donors (Lipinski definition) is 2. The van der Waals surface area contributed by atoms with Crippen LogP contribution in [-0.4, -0.2) is 28.9 Å². The lowest BCUT2D eigenvalue weighted by molar-refractivity contribution is 0.0500. The number of alkyl carbamates (subject to hydrolysis) is 1. The van der Waals surface area contributed by atoms with Crippen LogP contribution in [0.15, 0.2) is 12.7 Å². The molecule has 0 aromatic rings. The zero-order valence-corrected chi connectivity index (χ0v) is 10.7. The lowest BCUT2D eigenvalue weighted by atomic mass is 10.1. The van der Waals surface area contributed by atoms with Crippen LogP contribution in [0, 0.1) is 12.3 Å². The fourth-order valence-corrected chi connectivity index (χ4v) is 1.19. The van der Waals surface area contributed by atoms with Crippen molar-refractivity contribution in [2.75, 3.05) is 0 Å². The molecule has 0 aliphatic carbocycles. The van der Waals surface area contributed by atoms with Crippen molar-refractivity contribution < 1.29 is 14.6 Å². The van der Waals surface area contributed by atoms with Crippen LogP contribution < -0.4 is 5.32 Å². The van der Waals surface area contributed by atoms with Gasteiger partial charge in [0.05, 0.1) is 12.1 Å². The summed E-state index contributed by atoms with van der Waals surface area (Å²) in [4.78, 5) is 11.5. The molecule has 0 rings (SSSR count). The number of carbonyl (C=O) groups is 1. The van der Waals surface area contributed by atoms with E-state index in [9.17, 15) is 9.90 Å². The first-order valence-electron chi connectivity index (χ1n) is 5.52. The van der Waals surface area contributed by atoms with Crippen LogP contribution in [0.4, 0.5) is 4.79 Å². The molecule has 0 aromatic heterocycles. The number of aliphatic hydroxyl groups excluding tert-OH is 1. The standard InChI is InChI=1S/C13H21NO3/c1-6-8-11(15)9-10(7-2)14-12(16)17-13(3,4)5/h1,7,10-11,15H,2,8-9H2,3-5H3,(H,14,16)/t10-,11-/m1/s1. The van der Waals surface area contributed by atoms with Crippen molar-refractivity contribution in [3.63, 3.8) is 0 Å². The minimum Gasteiger partial charge on any atom is -0.444 e. The number of aliphatic hydroxyl groups is 1. The van der Waals surface area contributed by atoms with E-state index in [1.807, 2.05) is 0 Å². The van der Waals surface area contributed by atoms with E-state index in [0.29, 0.717) is 6.42 Å². The van der Waals surface area contributed by atoms with E-state index in [0.717, 1.165) is 0 Å². The minimum absolute atomic E-state index is 0.250. The van der Waals surface area contributed by atoms with Gasteiger partial charge in [0.1, 0.15) is 5.60 Å². The van der Waals surface area contributed by atoms with E-state index < -0.39 is 17.8 Å². The summed E-state index contributed by atoms with van der Waals surface area (Å²) in [5, 5.41) is 12.1. The molecule has 0 aliphatic rings. The first-order valence-corrected chi connectivity index (χ1v) is 5.52. The predicted octanol–water partition coefficient (Wildman–Crippen LogP) is 1.84. The van der Waals surface area contributed by atoms with Crippen molar-refractivity contribution in [3.8, 4) is 12.3 Å². The lowest BCUT2D eigenvalue weighted by Gasteiger charge is -2.23. The highest BCUT2D eigenvalue weighted by molar-refractivity contribution is 5.68. The Balaban J connectivity index is 4.18. The maximum Gasteiger partial charge on any atom is 0.408 e. The van der Waals surface area contributed by atoms with Gasteiger partial charge in [-0.25, -0.2) is 4.79 Å². The molecule has 0 heterocycles. The van der Waals surface area contributed by atoms with Crippen molar-refractivity contribution in [2.45, 2.75) is 51.4 Å². The third kappa shape index (κ3) is 8.35. The first kappa shape index (κ1) is 15.5. The van der Waals surface area contributed by atoms with Gasteiger partial charge in [0.2, 0.25) is 0 Å². The molecule has 2 N–H and O–H groups in total. The zero-order chi connectivity index (χ0) is 13.5. The van der Waals surface area contributed by atoms with E-state index in [2.05, 4.69) is 17.8 Å². The highest BCUT2D eigenvalue weighted by Crippen LogP contribution is 2.08. The van der Waals surface area contributed by atoms with Gasteiger partial charge in [-0.15, -0.1) is 18.9 Å². The Hall–Kier alpha value is -1.47. The molecule has 1 amide bonds. The quantitative estimate of drug-likeness (QED) is 0.568. The molecular weight excluding hydrogens is 218 g/mol. The largest absolute Gasteiger partial charge is 0.444 e. The van der Waals surface area contributed by atoms with Gasteiger partial charge in [0, 0.05) is 6.42 Å². The minimum atomic E-state index is -0.655. The Bertz CT molecular complexity index is 299. The number of hydrogen-bond acceptors (Lipinski definition) is 3. The third-order valence-electron chi connectivity index (χ3n) is 1.87. The fraction of sp³-hybridized carbons (Fsp3) is 0.615. The highest BCUT2D eigenvalue weighted by Gasteiger charge is 2.19. The van der Waals surface area contributed by atoms with Crippen LogP contribution in [0.25, 0.3) is 0 Å². The first-order chi connectivity index (χ1) is 7.78. The Morgan fingerprint density at radius 2 is 2.24 bits per heavy atom. The van der Waals surface area contributed by atoms with Gasteiger partial charge in [0.15, 0.2) is 0 Å². The molecule has 0 aliphatic heterocycles. The molecule has 4 heteroatoms. The van der Waals surface area contributed by atoms with Crippen LogP contribution in [0.2, 0.25) is 0 Å². The molecule has 0 radical (unpaired) electrons. The lowest BCUT2D eigenvalue weighted by Crippen LogP contribution is -2.39. The van der Waals surface area contributed by atoms with Gasteiger partial charge in [-0.05, 0) is 27.2 Å². The van der Waals surface area contributed by atoms with E-state index in [-0.39, 0.29) is 12.5 Å². The number of ether oxygens (including phenoxy) is 1. The average Bonchev–Trinajstić information content (AvgIpc) is 2.13. The highest BCUT2D eigenvalue weighted by atomic mass is 16.6.